The smallest absolute Gasteiger partial charge is 0.339 e. The minimum absolute atomic E-state index is 0.0666. The summed E-state index contributed by atoms with van der Waals surface area (Å²) < 4.78 is 13.1. The van der Waals surface area contributed by atoms with Gasteiger partial charge < -0.3 is 10.0 Å². The largest absolute Gasteiger partial charge is 0.478 e. The van der Waals surface area contributed by atoms with Crippen molar-refractivity contribution in [1.82, 2.24) is 4.98 Å². The van der Waals surface area contributed by atoms with Gasteiger partial charge in [0.05, 0.1) is 6.20 Å². The van der Waals surface area contributed by atoms with E-state index in [0.717, 1.165) is 37.9 Å². The van der Waals surface area contributed by atoms with Crippen LogP contribution in [-0.4, -0.2) is 29.1 Å². The Morgan fingerprint density at radius 2 is 2.11 bits per heavy atom. The maximum absolute atomic E-state index is 13.1. The number of aromatic nitrogens is 1. The van der Waals surface area contributed by atoms with Gasteiger partial charge in [-0.3, -0.25) is 0 Å². The Labute approximate surface area is 105 Å². The molecule has 0 atom stereocenters. The lowest BCUT2D eigenvalue weighted by atomic mass is 9.94. The molecule has 0 aromatic carbocycles. The van der Waals surface area contributed by atoms with E-state index in [2.05, 4.69) is 4.98 Å². The second-order valence-corrected chi connectivity index (χ2v) is 4.73. The number of hydrogen-bond acceptors (Lipinski definition) is 3. The number of aromatic carboxylic acids is 1. The highest BCUT2D eigenvalue weighted by Crippen LogP contribution is 2.27. The molecule has 1 aromatic rings. The molecular formula is C13H17FN2O2. The Bertz CT molecular complexity index is 445. The fraction of sp³-hybridized carbons (Fsp3) is 0.538. The lowest BCUT2D eigenvalue weighted by molar-refractivity contribution is 0.0696. The van der Waals surface area contributed by atoms with E-state index in [1.165, 1.54) is 6.42 Å². The second kappa shape index (κ2) is 5.33. The van der Waals surface area contributed by atoms with Gasteiger partial charge in [-0.1, -0.05) is 19.3 Å². The van der Waals surface area contributed by atoms with Gasteiger partial charge >= 0.3 is 5.97 Å². The molecule has 1 saturated carbocycles. The third kappa shape index (κ3) is 2.60. The van der Waals surface area contributed by atoms with Crippen LogP contribution in [0.5, 0.6) is 0 Å². The van der Waals surface area contributed by atoms with E-state index in [0.29, 0.717) is 11.9 Å². The Balaban J connectivity index is 2.28. The van der Waals surface area contributed by atoms with Gasteiger partial charge in [-0.05, 0) is 18.9 Å². The zero-order chi connectivity index (χ0) is 13.1. The Hall–Kier alpha value is -1.65. The summed E-state index contributed by atoms with van der Waals surface area (Å²) in [4.78, 5) is 16.9. The number of nitrogens with zero attached hydrogens (tertiary/aromatic N) is 2. The van der Waals surface area contributed by atoms with Gasteiger partial charge in [0.15, 0.2) is 0 Å². The van der Waals surface area contributed by atoms with Gasteiger partial charge in [0, 0.05) is 13.1 Å². The highest BCUT2D eigenvalue weighted by Gasteiger charge is 2.23. The van der Waals surface area contributed by atoms with Crippen LogP contribution in [0.4, 0.5) is 10.2 Å². The summed E-state index contributed by atoms with van der Waals surface area (Å²) in [6, 6.07) is 1.33. The number of carboxylic acid groups (broad SMARTS) is 1. The molecule has 1 N–H and O–H groups in total. The fourth-order valence-corrected chi connectivity index (χ4v) is 2.51. The Morgan fingerprint density at radius 1 is 1.44 bits per heavy atom. The summed E-state index contributed by atoms with van der Waals surface area (Å²) in [6.45, 7) is 0. The summed E-state index contributed by atoms with van der Waals surface area (Å²) in [5.74, 6) is -1.40. The highest BCUT2D eigenvalue weighted by molar-refractivity contribution is 5.93. The SMILES string of the molecule is CN(c1ncc(F)cc1C(=O)O)C1CCCCC1. The van der Waals surface area contributed by atoms with Crippen molar-refractivity contribution >= 4 is 11.8 Å². The molecule has 18 heavy (non-hydrogen) atoms. The van der Waals surface area contributed by atoms with Gasteiger partial charge in [0.1, 0.15) is 17.2 Å². The van der Waals surface area contributed by atoms with Crippen molar-refractivity contribution in [3.05, 3.63) is 23.6 Å². The van der Waals surface area contributed by atoms with Crippen LogP contribution in [0, 0.1) is 5.82 Å². The second-order valence-electron chi connectivity index (χ2n) is 4.73. The van der Waals surface area contributed by atoms with Crippen LogP contribution in [0.25, 0.3) is 0 Å². The van der Waals surface area contributed by atoms with Gasteiger partial charge in [0.2, 0.25) is 0 Å². The van der Waals surface area contributed by atoms with E-state index in [9.17, 15) is 9.18 Å². The zero-order valence-electron chi connectivity index (χ0n) is 10.4. The van der Waals surface area contributed by atoms with Gasteiger partial charge in [-0.25, -0.2) is 14.2 Å². The van der Waals surface area contributed by atoms with Crippen molar-refractivity contribution < 1.29 is 14.3 Å². The summed E-state index contributed by atoms with van der Waals surface area (Å²) >= 11 is 0. The molecule has 1 aromatic heterocycles. The monoisotopic (exact) mass is 252 g/mol. The van der Waals surface area contributed by atoms with Crippen LogP contribution in [0.1, 0.15) is 42.5 Å². The number of pyridine rings is 1. The van der Waals surface area contributed by atoms with Crippen molar-refractivity contribution in [2.24, 2.45) is 0 Å². The Morgan fingerprint density at radius 3 is 2.72 bits per heavy atom. The maximum Gasteiger partial charge on any atom is 0.339 e. The first-order valence-electron chi connectivity index (χ1n) is 6.21. The molecule has 98 valence electrons. The molecule has 0 unspecified atom stereocenters. The molecule has 2 rings (SSSR count). The van der Waals surface area contributed by atoms with E-state index in [1.807, 2.05) is 11.9 Å². The zero-order valence-corrected chi connectivity index (χ0v) is 10.4. The predicted octanol–water partition coefficient (Wildman–Crippen LogP) is 2.69. The summed E-state index contributed by atoms with van der Waals surface area (Å²) in [6.07, 6.45) is 6.68. The predicted molar refractivity (Wildman–Crippen MR) is 66.4 cm³/mol. The summed E-state index contributed by atoms with van der Waals surface area (Å²) in [5.41, 5.74) is -0.0666. The van der Waals surface area contributed by atoms with Crippen LogP contribution >= 0.6 is 0 Å². The van der Waals surface area contributed by atoms with Crippen LogP contribution in [0.2, 0.25) is 0 Å². The van der Waals surface area contributed by atoms with Crippen molar-refractivity contribution in [1.29, 1.82) is 0 Å². The van der Waals surface area contributed by atoms with E-state index in [4.69, 9.17) is 5.11 Å². The topological polar surface area (TPSA) is 53.4 Å². The molecule has 1 heterocycles. The highest BCUT2D eigenvalue weighted by atomic mass is 19.1. The van der Waals surface area contributed by atoms with E-state index < -0.39 is 11.8 Å². The molecule has 0 amide bonds. The molecule has 1 aliphatic rings. The number of anilines is 1. The molecule has 0 bridgehead atoms. The number of carboxylic acids is 1. The van der Waals surface area contributed by atoms with Crippen molar-refractivity contribution in [3.8, 4) is 0 Å². The van der Waals surface area contributed by atoms with E-state index in [-0.39, 0.29) is 5.56 Å². The van der Waals surface area contributed by atoms with Gasteiger partial charge in [0.25, 0.3) is 0 Å². The van der Waals surface area contributed by atoms with Crippen LogP contribution in [0.3, 0.4) is 0 Å². The molecular weight excluding hydrogens is 235 g/mol. The number of rotatable bonds is 3. The molecule has 0 saturated heterocycles. The lowest BCUT2D eigenvalue weighted by Gasteiger charge is -2.32. The minimum atomic E-state index is -1.14. The molecule has 4 nitrogen and oxygen atoms in total. The van der Waals surface area contributed by atoms with Crippen LogP contribution in [0.15, 0.2) is 12.3 Å². The first kappa shape index (κ1) is 12.8. The van der Waals surface area contributed by atoms with Gasteiger partial charge in [-0.2, -0.15) is 0 Å². The molecule has 0 radical (unpaired) electrons. The summed E-state index contributed by atoms with van der Waals surface area (Å²) in [7, 11) is 1.84. The van der Waals surface area contributed by atoms with Crippen molar-refractivity contribution in [2.45, 2.75) is 38.1 Å². The average molecular weight is 252 g/mol. The Kier molecular flexibility index (Phi) is 3.79. The number of hydrogen-bond donors (Lipinski definition) is 1. The quantitative estimate of drug-likeness (QED) is 0.898. The van der Waals surface area contributed by atoms with Crippen LogP contribution < -0.4 is 4.90 Å². The number of carbonyl (C=O) groups is 1. The van der Waals surface area contributed by atoms with Crippen molar-refractivity contribution in [3.63, 3.8) is 0 Å². The standard InChI is InChI=1S/C13H17FN2O2/c1-16(10-5-3-2-4-6-10)12-11(13(17)18)7-9(14)8-15-12/h7-8,10H,2-6H2,1H3,(H,17,18). The summed E-state index contributed by atoms with van der Waals surface area (Å²) in [5, 5.41) is 9.10. The molecule has 1 aliphatic carbocycles. The normalized spacial score (nSPS) is 16.6. The molecule has 5 heteroatoms. The number of halogens is 1. The fourth-order valence-electron chi connectivity index (χ4n) is 2.51. The third-order valence-electron chi connectivity index (χ3n) is 3.52. The minimum Gasteiger partial charge on any atom is -0.478 e. The maximum atomic E-state index is 13.1. The lowest BCUT2D eigenvalue weighted by Crippen LogP contribution is -2.35. The first-order valence-corrected chi connectivity index (χ1v) is 6.21. The molecule has 1 fully saturated rings. The average Bonchev–Trinajstić information content (AvgIpc) is 2.39. The molecule has 0 aliphatic heterocycles. The van der Waals surface area contributed by atoms with Gasteiger partial charge in [-0.15, -0.1) is 0 Å². The van der Waals surface area contributed by atoms with Crippen molar-refractivity contribution in [2.75, 3.05) is 11.9 Å². The van der Waals surface area contributed by atoms with E-state index >= 15 is 0 Å². The van der Waals surface area contributed by atoms with Crippen LogP contribution in [-0.2, 0) is 0 Å². The molecule has 0 spiro atoms. The third-order valence-corrected chi connectivity index (χ3v) is 3.52. The first-order chi connectivity index (χ1) is 8.59. The van der Waals surface area contributed by atoms with E-state index in [1.54, 1.807) is 0 Å².